The van der Waals surface area contributed by atoms with Crippen molar-refractivity contribution >= 4 is 17.5 Å². The molecule has 0 aliphatic carbocycles. The number of benzene rings is 1. The van der Waals surface area contributed by atoms with Gasteiger partial charge in [-0.2, -0.15) is 0 Å². The quantitative estimate of drug-likeness (QED) is 0.746. The van der Waals surface area contributed by atoms with Crippen molar-refractivity contribution in [3.05, 3.63) is 24.3 Å². The number of aliphatic hydroxyl groups is 1. The van der Waals surface area contributed by atoms with E-state index >= 15 is 0 Å². The van der Waals surface area contributed by atoms with Gasteiger partial charge in [-0.15, -0.1) is 0 Å². The van der Waals surface area contributed by atoms with Crippen molar-refractivity contribution in [1.29, 1.82) is 0 Å². The van der Waals surface area contributed by atoms with Crippen LogP contribution in [0.3, 0.4) is 0 Å². The van der Waals surface area contributed by atoms with Crippen LogP contribution in [0, 0.1) is 5.41 Å². The fourth-order valence-corrected chi connectivity index (χ4v) is 1.70. The molecule has 22 heavy (non-hydrogen) atoms. The Labute approximate surface area is 133 Å². The molecule has 1 aromatic rings. The summed E-state index contributed by atoms with van der Waals surface area (Å²) in [5.74, 6) is 0. The number of anilines is 2. The molecule has 5 nitrogen and oxygen atoms in total. The maximum absolute atomic E-state index is 11.7. The lowest BCUT2D eigenvalue weighted by Gasteiger charge is -2.26. The highest BCUT2D eigenvalue weighted by Gasteiger charge is 2.20. The molecule has 1 aromatic carbocycles. The zero-order valence-corrected chi connectivity index (χ0v) is 14.2. The van der Waals surface area contributed by atoms with Gasteiger partial charge in [0.05, 0.1) is 6.61 Å². The second-order valence-electron chi connectivity index (χ2n) is 6.88. The van der Waals surface area contributed by atoms with Crippen molar-refractivity contribution in [2.24, 2.45) is 5.41 Å². The van der Waals surface area contributed by atoms with Crippen molar-refractivity contribution in [3.63, 3.8) is 0 Å². The highest BCUT2D eigenvalue weighted by molar-refractivity contribution is 5.85. The highest BCUT2D eigenvalue weighted by atomic mass is 16.6. The maximum atomic E-state index is 11.7. The largest absolute Gasteiger partial charge is 0.444 e. The lowest BCUT2D eigenvalue weighted by molar-refractivity contribution is 0.0636. The van der Waals surface area contributed by atoms with Gasteiger partial charge in [0.1, 0.15) is 5.60 Å². The van der Waals surface area contributed by atoms with Crippen molar-refractivity contribution < 1.29 is 14.6 Å². The first-order chi connectivity index (χ1) is 10.2. The Morgan fingerprint density at radius 3 is 2.14 bits per heavy atom. The average Bonchev–Trinajstić information content (AvgIpc) is 2.44. The standard InChI is InChI=1S/C17H28N2O3/c1-6-17(5,12-20)11-18-13-7-9-14(10-8-13)19-15(21)22-16(2,3)4/h7-10,18,20H,6,11-12H2,1-5H3,(H,19,21). The van der Waals surface area contributed by atoms with Crippen LogP contribution in [0.15, 0.2) is 24.3 Å². The summed E-state index contributed by atoms with van der Waals surface area (Å²) in [5, 5.41) is 15.4. The van der Waals surface area contributed by atoms with Crippen LogP contribution in [-0.2, 0) is 4.74 Å². The number of nitrogens with one attached hydrogen (secondary N) is 2. The minimum Gasteiger partial charge on any atom is -0.444 e. The maximum Gasteiger partial charge on any atom is 0.412 e. The number of hydrogen-bond donors (Lipinski definition) is 3. The van der Waals surface area contributed by atoms with Gasteiger partial charge >= 0.3 is 6.09 Å². The van der Waals surface area contributed by atoms with Gasteiger partial charge in [0.25, 0.3) is 0 Å². The van der Waals surface area contributed by atoms with E-state index in [0.717, 1.165) is 12.1 Å². The zero-order valence-electron chi connectivity index (χ0n) is 14.2. The molecule has 0 aliphatic heterocycles. The van der Waals surface area contributed by atoms with Gasteiger partial charge in [-0.25, -0.2) is 4.79 Å². The summed E-state index contributed by atoms with van der Waals surface area (Å²) in [6, 6.07) is 7.41. The fraction of sp³-hybridized carbons (Fsp3) is 0.588. The van der Waals surface area contributed by atoms with Crippen LogP contribution in [-0.4, -0.2) is 30.0 Å². The molecule has 0 saturated heterocycles. The van der Waals surface area contributed by atoms with Gasteiger partial charge in [-0.05, 0) is 51.5 Å². The Hall–Kier alpha value is -1.75. The van der Waals surface area contributed by atoms with Crippen molar-refractivity contribution in [2.45, 2.75) is 46.6 Å². The van der Waals surface area contributed by atoms with Crippen LogP contribution in [0.25, 0.3) is 0 Å². The van der Waals surface area contributed by atoms with E-state index in [9.17, 15) is 9.90 Å². The third-order valence-corrected chi connectivity index (χ3v) is 3.48. The number of carbonyl (C=O) groups is 1. The molecule has 0 radical (unpaired) electrons. The average molecular weight is 308 g/mol. The molecule has 0 fully saturated rings. The normalized spacial score (nSPS) is 14.1. The molecule has 0 aromatic heterocycles. The molecule has 0 bridgehead atoms. The molecule has 1 unspecified atom stereocenters. The third-order valence-electron chi connectivity index (χ3n) is 3.48. The number of ether oxygens (including phenoxy) is 1. The topological polar surface area (TPSA) is 70.6 Å². The van der Waals surface area contributed by atoms with Crippen molar-refractivity contribution in [2.75, 3.05) is 23.8 Å². The van der Waals surface area contributed by atoms with Crippen molar-refractivity contribution in [1.82, 2.24) is 0 Å². The van der Waals surface area contributed by atoms with E-state index < -0.39 is 11.7 Å². The number of hydrogen-bond acceptors (Lipinski definition) is 4. The summed E-state index contributed by atoms with van der Waals surface area (Å²) in [4.78, 5) is 11.7. The van der Waals surface area contributed by atoms with E-state index in [1.165, 1.54) is 0 Å². The molecule has 1 rings (SSSR count). The molecule has 0 aliphatic rings. The molecule has 5 heteroatoms. The summed E-state index contributed by atoms with van der Waals surface area (Å²) >= 11 is 0. The Morgan fingerprint density at radius 2 is 1.68 bits per heavy atom. The fourth-order valence-electron chi connectivity index (χ4n) is 1.70. The van der Waals surface area contributed by atoms with Crippen LogP contribution in [0.2, 0.25) is 0 Å². The van der Waals surface area contributed by atoms with Gasteiger partial charge in [0, 0.05) is 23.3 Å². The van der Waals surface area contributed by atoms with E-state index in [1.54, 1.807) is 0 Å². The van der Waals surface area contributed by atoms with Gasteiger partial charge in [-0.3, -0.25) is 5.32 Å². The molecule has 0 heterocycles. The van der Waals surface area contributed by atoms with Gasteiger partial charge in [-0.1, -0.05) is 13.8 Å². The lowest BCUT2D eigenvalue weighted by atomic mass is 9.88. The molecular weight excluding hydrogens is 280 g/mol. The Kier molecular flexibility index (Phi) is 6.23. The van der Waals surface area contributed by atoms with Crippen molar-refractivity contribution in [3.8, 4) is 0 Å². The number of rotatable bonds is 6. The summed E-state index contributed by atoms with van der Waals surface area (Å²) in [5.41, 5.74) is 0.983. The Bertz CT molecular complexity index is 474. The van der Waals surface area contributed by atoms with Crippen LogP contribution >= 0.6 is 0 Å². The molecule has 0 saturated carbocycles. The molecule has 3 N–H and O–H groups in total. The Balaban J connectivity index is 2.55. The monoisotopic (exact) mass is 308 g/mol. The first kappa shape index (κ1) is 18.3. The molecule has 124 valence electrons. The summed E-state index contributed by atoms with van der Waals surface area (Å²) < 4.78 is 5.20. The minimum atomic E-state index is -0.513. The third kappa shape index (κ3) is 6.35. The van der Waals surface area contributed by atoms with Crippen LogP contribution in [0.5, 0.6) is 0 Å². The summed E-state index contributed by atoms with van der Waals surface area (Å²) in [6.07, 6.45) is 0.432. The van der Waals surface area contributed by atoms with E-state index in [1.807, 2.05) is 52.0 Å². The van der Waals surface area contributed by atoms with Crippen LogP contribution < -0.4 is 10.6 Å². The number of aliphatic hydroxyl groups excluding tert-OH is 1. The number of carbonyl (C=O) groups excluding carboxylic acids is 1. The van der Waals surface area contributed by atoms with Crippen LogP contribution in [0.1, 0.15) is 41.0 Å². The minimum absolute atomic E-state index is 0.132. The first-order valence-corrected chi connectivity index (χ1v) is 7.62. The first-order valence-electron chi connectivity index (χ1n) is 7.62. The Morgan fingerprint density at radius 1 is 1.14 bits per heavy atom. The smallest absolute Gasteiger partial charge is 0.412 e. The van der Waals surface area contributed by atoms with E-state index in [0.29, 0.717) is 12.2 Å². The predicted molar refractivity (Wildman–Crippen MR) is 90.3 cm³/mol. The van der Waals surface area contributed by atoms with E-state index in [2.05, 4.69) is 17.6 Å². The highest BCUT2D eigenvalue weighted by Crippen LogP contribution is 2.22. The summed E-state index contributed by atoms with van der Waals surface area (Å²) in [6.45, 7) is 10.4. The van der Waals surface area contributed by atoms with E-state index in [-0.39, 0.29) is 12.0 Å². The molecule has 1 atom stereocenters. The second-order valence-corrected chi connectivity index (χ2v) is 6.88. The second kappa shape index (κ2) is 7.49. The van der Waals surface area contributed by atoms with E-state index in [4.69, 9.17) is 4.74 Å². The zero-order chi connectivity index (χ0) is 16.8. The SMILES string of the molecule is CCC(C)(CO)CNc1ccc(NC(=O)OC(C)(C)C)cc1. The van der Waals surface area contributed by atoms with Gasteiger partial charge < -0.3 is 15.2 Å². The molecular formula is C17H28N2O3. The van der Waals surface area contributed by atoms with Gasteiger partial charge in [0.15, 0.2) is 0 Å². The predicted octanol–water partition coefficient (Wildman–Crippen LogP) is 3.85. The molecule has 0 spiro atoms. The van der Waals surface area contributed by atoms with Crippen LogP contribution in [0.4, 0.5) is 16.2 Å². The van der Waals surface area contributed by atoms with Gasteiger partial charge in [0.2, 0.25) is 0 Å². The lowest BCUT2D eigenvalue weighted by Crippen LogP contribution is -2.29. The molecule has 1 amide bonds. The summed E-state index contributed by atoms with van der Waals surface area (Å²) in [7, 11) is 0. The number of amides is 1.